The Balaban J connectivity index is 2.92. The Morgan fingerprint density at radius 3 is 3.07 bits per heavy atom. The van der Waals surface area contributed by atoms with Gasteiger partial charge in [-0.15, -0.1) is 0 Å². The van der Waals surface area contributed by atoms with E-state index >= 15 is 0 Å². The number of nitrogens with zero attached hydrogens (tertiary/aromatic N) is 1. The van der Waals surface area contributed by atoms with E-state index in [-0.39, 0.29) is 0 Å². The van der Waals surface area contributed by atoms with E-state index < -0.39 is 0 Å². The van der Waals surface area contributed by atoms with Crippen LogP contribution in [0.5, 0.6) is 5.88 Å². The van der Waals surface area contributed by atoms with E-state index in [1.165, 1.54) is 13.3 Å². The second-order valence-corrected chi connectivity index (χ2v) is 2.67. The van der Waals surface area contributed by atoms with Crippen LogP contribution in [0.1, 0.15) is 12.0 Å². The fraction of sp³-hybridized carbons (Fsp3) is 0.200. The molecule has 0 saturated carbocycles. The average Bonchev–Trinajstić information content (AvgIpc) is 2.19. The molecule has 2 N–H and O–H groups in total. The SMILES string of the molecule is COc1ncc(N)cc1C=CCC=O. The van der Waals surface area contributed by atoms with Gasteiger partial charge in [-0.3, -0.25) is 0 Å². The number of carbonyl (C=O) groups is 1. The molecule has 1 rings (SSSR count). The maximum absolute atomic E-state index is 10.1. The number of aldehydes is 1. The molecule has 14 heavy (non-hydrogen) atoms. The molecule has 1 heterocycles. The van der Waals surface area contributed by atoms with Crippen molar-refractivity contribution in [3.05, 3.63) is 23.9 Å². The van der Waals surface area contributed by atoms with Gasteiger partial charge in [-0.2, -0.15) is 0 Å². The van der Waals surface area contributed by atoms with Crippen molar-refractivity contribution >= 4 is 18.0 Å². The van der Waals surface area contributed by atoms with E-state index in [9.17, 15) is 4.79 Å². The van der Waals surface area contributed by atoms with Gasteiger partial charge < -0.3 is 15.3 Å². The second kappa shape index (κ2) is 5.01. The highest BCUT2D eigenvalue weighted by atomic mass is 16.5. The molecule has 0 fully saturated rings. The summed E-state index contributed by atoms with van der Waals surface area (Å²) in [5, 5.41) is 0. The Morgan fingerprint density at radius 1 is 1.64 bits per heavy atom. The van der Waals surface area contributed by atoms with E-state index in [1.54, 1.807) is 18.2 Å². The minimum atomic E-state index is 0.373. The Hall–Kier alpha value is -1.84. The zero-order valence-corrected chi connectivity index (χ0v) is 7.93. The topological polar surface area (TPSA) is 65.2 Å². The molecule has 0 spiro atoms. The van der Waals surface area contributed by atoms with Gasteiger partial charge >= 0.3 is 0 Å². The molecule has 0 atom stereocenters. The standard InChI is InChI=1S/C10H12N2O2/c1-14-10-8(4-2-3-5-13)6-9(11)7-12-10/h2,4-7H,3,11H2,1H3. The number of methoxy groups -OCH3 is 1. The van der Waals surface area contributed by atoms with Crippen molar-refractivity contribution in [2.75, 3.05) is 12.8 Å². The molecule has 4 heteroatoms. The second-order valence-electron chi connectivity index (χ2n) is 2.67. The number of allylic oxidation sites excluding steroid dienone is 1. The average molecular weight is 192 g/mol. The maximum Gasteiger partial charge on any atom is 0.220 e. The number of nitrogen functional groups attached to an aromatic ring is 1. The van der Waals surface area contributed by atoms with Gasteiger partial charge in [0, 0.05) is 12.0 Å². The summed E-state index contributed by atoms with van der Waals surface area (Å²) in [6, 6.07) is 1.74. The first-order valence-corrected chi connectivity index (χ1v) is 4.17. The summed E-state index contributed by atoms with van der Waals surface area (Å²) < 4.78 is 5.02. The van der Waals surface area contributed by atoms with Gasteiger partial charge in [0.05, 0.1) is 19.0 Å². The molecule has 0 aliphatic heterocycles. The molecule has 1 aromatic heterocycles. The Kier molecular flexibility index (Phi) is 3.67. The highest BCUT2D eigenvalue weighted by molar-refractivity contribution is 5.62. The smallest absolute Gasteiger partial charge is 0.220 e. The van der Waals surface area contributed by atoms with E-state index in [0.29, 0.717) is 18.0 Å². The van der Waals surface area contributed by atoms with Gasteiger partial charge in [0.25, 0.3) is 0 Å². The van der Waals surface area contributed by atoms with Crippen LogP contribution in [0.4, 0.5) is 5.69 Å². The Labute approximate surface area is 82.4 Å². The number of pyridine rings is 1. The molecule has 0 saturated heterocycles. The molecule has 0 amide bonds. The van der Waals surface area contributed by atoms with E-state index in [2.05, 4.69) is 4.98 Å². The Morgan fingerprint density at radius 2 is 2.43 bits per heavy atom. The number of hydrogen-bond acceptors (Lipinski definition) is 4. The predicted molar refractivity (Wildman–Crippen MR) is 54.9 cm³/mol. The van der Waals surface area contributed by atoms with Crippen LogP contribution < -0.4 is 10.5 Å². The number of carbonyl (C=O) groups excluding carboxylic acids is 1. The van der Waals surface area contributed by atoms with Crippen LogP contribution in [0.15, 0.2) is 18.3 Å². The highest BCUT2D eigenvalue weighted by Crippen LogP contribution is 2.18. The van der Waals surface area contributed by atoms with Crippen molar-refractivity contribution in [3.8, 4) is 5.88 Å². The molecule has 0 unspecified atom stereocenters. The lowest BCUT2D eigenvalue weighted by Gasteiger charge is -2.03. The molecule has 4 nitrogen and oxygen atoms in total. The van der Waals surface area contributed by atoms with Crippen LogP contribution in [0, 0.1) is 0 Å². The fourth-order valence-electron chi connectivity index (χ4n) is 1.03. The summed E-state index contributed by atoms with van der Waals surface area (Å²) in [6.07, 6.45) is 6.21. The third-order valence-corrected chi connectivity index (χ3v) is 1.62. The predicted octanol–water partition coefficient (Wildman–Crippen LogP) is 1.27. The number of ether oxygens (including phenoxy) is 1. The lowest BCUT2D eigenvalue weighted by molar-refractivity contribution is -0.107. The third-order valence-electron chi connectivity index (χ3n) is 1.62. The zero-order chi connectivity index (χ0) is 10.4. The van der Waals surface area contributed by atoms with Gasteiger partial charge in [0.15, 0.2) is 0 Å². The lowest BCUT2D eigenvalue weighted by Crippen LogP contribution is -1.93. The van der Waals surface area contributed by atoms with Crippen LogP contribution in [0.3, 0.4) is 0 Å². The van der Waals surface area contributed by atoms with Crippen LogP contribution in [0.25, 0.3) is 6.08 Å². The number of anilines is 1. The first kappa shape index (κ1) is 10.2. The van der Waals surface area contributed by atoms with Crippen LogP contribution in [-0.4, -0.2) is 18.4 Å². The normalized spacial score (nSPS) is 10.4. The van der Waals surface area contributed by atoms with E-state index in [1.807, 2.05) is 0 Å². The Bertz CT molecular complexity index is 348. The molecule has 0 aromatic carbocycles. The lowest BCUT2D eigenvalue weighted by atomic mass is 10.2. The number of aromatic nitrogens is 1. The number of nitrogens with two attached hydrogens (primary N) is 1. The molecule has 0 aliphatic carbocycles. The maximum atomic E-state index is 10.1. The van der Waals surface area contributed by atoms with Crippen molar-refractivity contribution in [2.45, 2.75) is 6.42 Å². The molecule has 74 valence electrons. The van der Waals surface area contributed by atoms with Gasteiger partial charge in [-0.05, 0) is 6.07 Å². The molecular weight excluding hydrogens is 180 g/mol. The monoisotopic (exact) mass is 192 g/mol. The van der Waals surface area contributed by atoms with Crippen LogP contribution in [-0.2, 0) is 4.79 Å². The summed E-state index contributed by atoms with van der Waals surface area (Å²) in [5.41, 5.74) is 6.90. The van der Waals surface area contributed by atoms with Crippen molar-refractivity contribution in [1.29, 1.82) is 0 Å². The van der Waals surface area contributed by atoms with Crippen LogP contribution in [0.2, 0.25) is 0 Å². The van der Waals surface area contributed by atoms with Crippen molar-refractivity contribution < 1.29 is 9.53 Å². The quantitative estimate of drug-likeness (QED) is 0.730. The zero-order valence-electron chi connectivity index (χ0n) is 7.93. The van der Waals surface area contributed by atoms with E-state index in [4.69, 9.17) is 10.5 Å². The first-order valence-electron chi connectivity index (χ1n) is 4.17. The summed E-state index contributed by atoms with van der Waals surface area (Å²) in [7, 11) is 1.54. The molecule has 0 aliphatic rings. The first-order chi connectivity index (χ1) is 6.77. The van der Waals surface area contributed by atoms with Gasteiger partial charge in [-0.1, -0.05) is 12.2 Å². The number of rotatable bonds is 4. The highest BCUT2D eigenvalue weighted by Gasteiger charge is 2.00. The van der Waals surface area contributed by atoms with Crippen molar-refractivity contribution in [3.63, 3.8) is 0 Å². The minimum absolute atomic E-state index is 0.373. The summed E-state index contributed by atoms with van der Waals surface area (Å²) in [6.45, 7) is 0. The van der Waals surface area contributed by atoms with Crippen molar-refractivity contribution in [2.24, 2.45) is 0 Å². The molecule has 0 radical (unpaired) electrons. The summed E-state index contributed by atoms with van der Waals surface area (Å²) in [5.74, 6) is 0.501. The van der Waals surface area contributed by atoms with E-state index in [0.717, 1.165) is 11.8 Å². The third kappa shape index (κ3) is 2.58. The molecule has 1 aromatic rings. The van der Waals surface area contributed by atoms with Crippen LogP contribution >= 0.6 is 0 Å². The molecule has 0 bridgehead atoms. The summed E-state index contributed by atoms with van der Waals surface area (Å²) in [4.78, 5) is 14.1. The summed E-state index contributed by atoms with van der Waals surface area (Å²) >= 11 is 0. The van der Waals surface area contributed by atoms with Gasteiger partial charge in [0.2, 0.25) is 5.88 Å². The number of hydrogen-bond donors (Lipinski definition) is 1. The van der Waals surface area contributed by atoms with Gasteiger partial charge in [0.1, 0.15) is 6.29 Å². The van der Waals surface area contributed by atoms with Gasteiger partial charge in [-0.25, -0.2) is 4.98 Å². The minimum Gasteiger partial charge on any atom is -0.481 e. The fourth-order valence-corrected chi connectivity index (χ4v) is 1.03. The van der Waals surface area contributed by atoms with Crippen molar-refractivity contribution in [1.82, 2.24) is 4.98 Å². The molecular formula is C10H12N2O2. The largest absolute Gasteiger partial charge is 0.481 e.